The van der Waals surface area contributed by atoms with Gasteiger partial charge in [0.2, 0.25) is 0 Å². The zero-order chi connectivity index (χ0) is 15.9. The van der Waals surface area contributed by atoms with Crippen LogP contribution < -0.4 is 0 Å². The molecule has 4 heteroatoms. The average Bonchev–Trinajstić information content (AvgIpc) is 2.89. The maximum Gasteiger partial charge on any atom is 0.316 e. The van der Waals surface area contributed by atoms with Crippen LogP contribution in [0.5, 0.6) is 0 Å². The number of ketones is 1. The van der Waals surface area contributed by atoms with Crippen molar-refractivity contribution in [2.24, 2.45) is 17.8 Å². The molecule has 0 amide bonds. The Bertz CT molecular complexity index is 497. The summed E-state index contributed by atoms with van der Waals surface area (Å²) in [5, 5.41) is 0. The Balaban J connectivity index is 2.08. The molecule has 1 aromatic rings. The molecule has 0 aromatic heterocycles. The minimum atomic E-state index is -0.623. The van der Waals surface area contributed by atoms with Gasteiger partial charge in [0.15, 0.2) is 5.78 Å². The van der Waals surface area contributed by atoms with Crippen molar-refractivity contribution < 1.29 is 19.1 Å². The van der Waals surface area contributed by atoms with E-state index in [9.17, 15) is 9.59 Å². The molecule has 0 bridgehead atoms. The van der Waals surface area contributed by atoms with Crippen LogP contribution in [0.4, 0.5) is 0 Å². The lowest BCUT2D eigenvalue weighted by Crippen LogP contribution is -2.32. The van der Waals surface area contributed by atoms with Crippen molar-refractivity contribution >= 4 is 11.8 Å². The molecule has 120 valence electrons. The molecule has 1 aliphatic heterocycles. The van der Waals surface area contributed by atoms with E-state index in [1.54, 1.807) is 7.11 Å². The van der Waals surface area contributed by atoms with Gasteiger partial charge >= 0.3 is 5.97 Å². The third kappa shape index (κ3) is 3.95. The maximum atomic E-state index is 12.7. The highest BCUT2D eigenvalue weighted by Crippen LogP contribution is 2.30. The normalized spacial score (nSPS) is 22.4. The molecule has 1 aromatic carbocycles. The first kappa shape index (κ1) is 16.7. The van der Waals surface area contributed by atoms with E-state index in [1.807, 2.05) is 37.3 Å². The summed E-state index contributed by atoms with van der Waals surface area (Å²) >= 11 is 0. The molecule has 1 aliphatic rings. The largest absolute Gasteiger partial charge is 0.465 e. The Morgan fingerprint density at radius 1 is 1.36 bits per heavy atom. The van der Waals surface area contributed by atoms with Gasteiger partial charge in [-0.25, -0.2) is 0 Å². The minimum absolute atomic E-state index is 0.0166. The monoisotopic (exact) mass is 304 g/mol. The molecule has 1 saturated heterocycles. The number of Topliss-reactive ketones (excluding diaryl/α,β-unsaturated/α-hetero) is 1. The van der Waals surface area contributed by atoms with Gasteiger partial charge in [0.05, 0.1) is 6.61 Å². The Morgan fingerprint density at radius 2 is 2.09 bits per heavy atom. The molecule has 0 radical (unpaired) electrons. The molecule has 1 heterocycles. The van der Waals surface area contributed by atoms with Crippen LogP contribution in [-0.4, -0.2) is 32.1 Å². The zero-order valence-electron chi connectivity index (χ0n) is 13.3. The van der Waals surface area contributed by atoms with E-state index in [1.165, 1.54) is 0 Å². The number of carbonyl (C=O) groups excluding carboxylic acids is 2. The number of rotatable bonds is 8. The highest BCUT2D eigenvalue weighted by molar-refractivity contribution is 6.01. The van der Waals surface area contributed by atoms with Crippen LogP contribution in [0, 0.1) is 17.8 Å². The Morgan fingerprint density at radius 3 is 2.73 bits per heavy atom. The average molecular weight is 304 g/mol. The van der Waals surface area contributed by atoms with Crippen LogP contribution in [0.2, 0.25) is 0 Å². The summed E-state index contributed by atoms with van der Waals surface area (Å²) in [5.74, 6) is -1.15. The predicted molar refractivity (Wildman–Crippen MR) is 83.4 cm³/mol. The number of benzene rings is 1. The Hall–Kier alpha value is -1.68. The fraction of sp³-hybridized carbons (Fsp3) is 0.556. The second-order valence-corrected chi connectivity index (χ2v) is 5.85. The predicted octanol–water partition coefficient (Wildman–Crippen LogP) is 2.65. The standard InChI is InChI=1S/C18H24O4/c1-3-14(9-10-21-2)17(19)16-15(12-22-18(16)20)11-13-7-5-4-6-8-13/h4-8,14-16H,3,9-12H2,1-2H3/t14-,15-,16?/m0/s1. The summed E-state index contributed by atoms with van der Waals surface area (Å²) in [6.45, 7) is 2.85. The summed E-state index contributed by atoms with van der Waals surface area (Å²) in [4.78, 5) is 24.8. The number of esters is 1. The fourth-order valence-corrected chi connectivity index (χ4v) is 3.07. The van der Waals surface area contributed by atoms with Gasteiger partial charge in [-0.15, -0.1) is 0 Å². The Labute approximate surface area is 131 Å². The van der Waals surface area contributed by atoms with Crippen LogP contribution in [0.15, 0.2) is 30.3 Å². The lowest BCUT2D eigenvalue weighted by atomic mass is 9.80. The second kappa shape index (κ2) is 8.08. The summed E-state index contributed by atoms with van der Waals surface area (Å²) in [5.41, 5.74) is 1.13. The molecular formula is C18H24O4. The molecule has 1 fully saturated rings. The van der Waals surface area contributed by atoms with Crippen molar-refractivity contribution in [1.82, 2.24) is 0 Å². The smallest absolute Gasteiger partial charge is 0.316 e. The van der Waals surface area contributed by atoms with Gasteiger partial charge < -0.3 is 9.47 Å². The number of methoxy groups -OCH3 is 1. The number of hydrogen-bond donors (Lipinski definition) is 0. The summed E-state index contributed by atoms with van der Waals surface area (Å²) < 4.78 is 10.2. The van der Waals surface area contributed by atoms with E-state index in [4.69, 9.17) is 9.47 Å². The molecule has 0 spiro atoms. The molecule has 1 unspecified atom stereocenters. The molecule has 2 rings (SSSR count). The van der Waals surface area contributed by atoms with Crippen LogP contribution in [-0.2, 0) is 25.5 Å². The van der Waals surface area contributed by atoms with Crippen LogP contribution in [0.1, 0.15) is 25.3 Å². The van der Waals surface area contributed by atoms with Crippen molar-refractivity contribution in [3.8, 4) is 0 Å². The van der Waals surface area contributed by atoms with Gasteiger partial charge in [0, 0.05) is 25.6 Å². The number of hydrogen-bond acceptors (Lipinski definition) is 4. The van der Waals surface area contributed by atoms with Gasteiger partial charge in [-0.2, -0.15) is 0 Å². The van der Waals surface area contributed by atoms with Crippen LogP contribution in [0.25, 0.3) is 0 Å². The molecule has 3 atom stereocenters. The number of cyclic esters (lactones) is 1. The van der Waals surface area contributed by atoms with E-state index in [-0.39, 0.29) is 23.6 Å². The topological polar surface area (TPSA) is 52.6 Å². The molecule has 4 nitrogen and oxygen atoms in total. The lowest BCUT2D eigenvalue weighted by Gasteiger charge is -2.20. The maximum absolute atomic E-state index is 12.7. The van der Waals surface area contributed by atoms with E-state index in [0.29, 0.717) is 26.1 Å². The molecule has 0 saturated carbocycles. The first-order chi connectivity index (χ1) is 10.7. The third-order valence-electron chi connectivity index (χ3n) is 4.38. The Kier molecular flexibility index (Phi) is 6.13. The highest BCUT2D eigenvalue weighted by atomic mass is 16.5. The van der Waals surface area contributed by atoms with Crippen molar-refractivity contribution in [2.45, 2.75) is 26.2 Å². The molecule has 22 heavy (non-hydrogen) atoms. The third-order valence-corrected chi connectivity index (χ3v) is 4.38. The first-order valence-corrected chi connectivity index (χ1v) is 7.90. The minimum Gasteiger partial charge on any atom is -0.465 e. The van der Waals surface area contributed by atoms with Crippen LogP contribution in [0.3, 0.4) is 0 Å². The first-order valence-electron chi connectivity index (χ1n) is 7.90. The van der Waals surface area contributed by atoms with Gasteiger partial charge in [0.25, 0.3) is 0 Å². The fourth-order valence-electron chi connectivity index (χ4n) is 3.07. The van der Waals surface area contributed by atoms with Gasteiger partial charge in [-0.1, -0.05) is 37.3 Å². The lowest BCUT2D eigenvalue weighted by molar-refractivity contribution is -0.146. The summed E-state index contributed by atoms with van der Waals surface area (Å²) in [6.07, 6.45) is 2.08. The number of ether oxygens (including phenoxy) is 2. The van der Waals surface area contributed by atoms with Crippen molar-refractivity contribution in [3.05, 3.63) is 35.9 Å². The molecular weight excluding hydrogens is 280 g/mol. The van der Waals surface area contributed by atoms with E-state index < -0.39 is 5.92 Å². The van der Waals surface area contributed by atoms with E-state index in [2.05, 4.69) is 0 Å². The zero-order valence-corrected chi connectivity index (χ0v) is 13.3. The summed E-state index contributed by atoms with van der Waals surface area (Å²) in [7, 11) is 1.62. The SMILES string of the molecule is CC[C@@H](CCOC)C(=O)C1C(=O)OC[C@@H]1Cc1ccccc1. The number of carbonyl (C=O) groups is 2. The van der Waals surface area contributed by atoms with Gasteiger partial charge in [-0.05, 0) is 24.8 Å². The highest BCUT2D eigenvalue weighted by Gasteiger charge is 2.43. The van der Waals surface area contributed by atoms with E-state index in [0.717, 1.165) is 12.0 Å². The van der Waals surface area contributed by atoms with Crippen molar-refractivity contribution in [2.75, 3.05) is 20.3 Å². The van der Waals surface area contributed by atoms with Crippen molar-refractivity contribution in [1.29, 1.82) is 0 Å². The second-order valence-electron chi connectivity index (χ2n) is 5.85. The van der Waals surface area contributed by atoms with Gasteiger partial charge in [-0.3, -0.25) is 9.59 Å². The van der Waals surface area contributed by atoms with E-state index >= 15 is 0 Å². The summed E-state index contributed by atoms with van der Waals surface area (Å²) in [6, 6.07) is 9.94. The molecule has 0 N–H and O–H groups in total. The van der Waals surface area contributed by atoms with Crippen molar-refractivity contribution in [3.63, 3.8) is 0 Å². The quantitative estimate of drug-likeness (QED) is 0.547. The van der Waals surface area contributed by atoms with Gasteiger partial charge in [0.1, 0.15) is 5.92 Å². The molecule has 0 aliphatic carbocycles. The van der Waals surface area contributed by atoms with Crippen LogP contribution >= 0.6 is 0 Å².